The van der Waals surface area contributed by atoms with Gasteiger partial charge in [-0.1, -0.05) is 36.8 Å². The van der Waals surface area contributed by atoms with Gasteiger partial charge < -0.3 is 10.1 Å². The maximum absolute atomic E-state index is 12.2. The van der Waals surface area contributed by atoms with Gasteiger partial charge in [0, 0.05) is 6.26 Å². The van der Waals surface area contributed by atoms with Crippen molar-refractivity contribution in [1.82, 2.24) is 5.32 Å². The van der Waals surface area contributed by atoms with Crippen molar-refractivity contribution in [2.45, 2.75) is 38.1 Å². The molecular formula is C20H25NO4S. The van der Waals surface area contributed by atoms with Crippen molar-refractivity contribution in [1.29, 1.82) is 0 Å². The lowest BCUT2D eigenvalue weighted by Crippen LogP contribution is -2.32. The molecule has 1 atom stereocenters. The molecule has 0 fully saturated rings. The number of amides is 1. The number of carbonyl (C=O) groups is 1. The van der Waals surface area contributed by atoms with Gasteiger partial charge in [0.15, 0.2) is 16.4 Å². The fraction of sp³-hybridized carbons (Fsp3) is 0.350. The molecular weight excluding hydrogens is 350 g/mol. The maximum atomic E-state index is 12.2. The third-order valence-corrected chi connectivity index (χ3v) is 5.27. The van der Waals surface area contributed by atoms with E-state index in [0.29, 0.717) is 12.2 Å². The lowest BCUT2D eigenvalue weighted by Gasteiger charge is -2.18. The highest BCUT2D eigenvalue weighted by atomic mass is 32.2. The molecule has 2 aromatic rings. The van der Waals surface area contributed by atoms with Crippen molar-refractivity contribution in [3.8, 4) is 5.75 Å². The Kier molecular flexibility index (Phi) is 6.42. The van der Waals surface area contributed by atoms with Crippen molar-refractivity contribution < 1.29 is 17.9 Å². The molecule has 0 aliphatic carbocycles. The molecule has 1 amide bonds. The first kappa shape index (κ1) is 20.0. The van der Waals surface area contributed by atoms with Crippen LogP contribution in [0.5, 0.6) is 5.75 Å². The minimum absolute atomic E-state index is 0.0676. The molecule has 0 saturated heterocycles. The minimum atomic E-state index is -3.23. The van der Waals surface area contributed by atoms with Crippen molar-refractivity contribution in [3.05, 3.63) is 59.2 Å². The Labute approximate surface area is 155 Å². The summed E-state index contributed by atoms with van der Waals surface area (Å²) in [6.07, 6.45) is 1.86. The summed E-state index contributed by atoms with van der Waals surface area (Å²) in [5.41, 5.74) is 2.99. The number of aryl methyl sites for hydroxylation is 2. The largest absolute Gasteiger partial charge is 0.484 e. The average Bonchev–Trinajstić information content (AvgIpc) is 2.58. The first-order valence-corrected chi connectivity index (χ1v) is 10.4. The van der Waals surface area contributed by atoms with Crippen molar-refractivity contribution in [2.24, 2.45) is 0 Å². The van der Waals surface area contributed by atoms with Gasteiger partial charge in [0.25, 0.3) is 5.91 Å². The van der Waals surface area contributed by atoms with Crippen molar-refractivity contribution in [3.63, 3.8) is 0 Å². The second-order valence-corrected chi connectivity index (χ2v) is 8.44. The third-order valence-electron chi connectivity index (χ3n) is 4.14. The van der Waals surface area contributed by atoms with E-state index in [-0.39, 0.29) is 23.5 Å². The smallest absolute Gasteiger partial charge is 0.258 e. The molecule has 5 nitrogen and oxygen atoms in total. The molecule has 140 valence electrons. The average molecular weight is 375 g/mol. The number of ether oxygens (including phenoxy) is 1. The number of hydrogen-bond acceptors (Lipinski definition) is 4. The molecule has 0 saturated carbocycles. The van der Waals surface area contributed by atoms with E-state index in [0.717, 1.165) is 16.7 Å². The van der Waals surface area contributed by atoms with E-state index in [9.17, 15) is 13.2 Å². The fourth-order valence-electron chi connectivity index (χ4n) is 2.71. The van der Waals surface area contributed by atoms with Gasteiger partial charge in [0.1, 0.15) is 5.75 Å². The van der Waals surface area contributed by atoms with Gasteiger partial charge in [-0.3, -0.25) is 4.79 Å². The van der Waals surface area contributed by atoms with Crippen LogP contribution in [-0.2, 0) is 14.6 Å². The molecule has 0 heterocycles. The Balaban J connectivity index is 1.99. The molecule has 2 aromatic carbocycles. The summed E-state index contributed by atoms with van der Waals surface area (Å²) < 4.78 is 28.7. The van der Waals surface area contributed by atoms with Gasteiger partial charge >= 0.3 is 0 Å². The Morgan fingerprint density at radius 2 is 1.77 bits per heavy atom. The molecule has 0 aromatic heterocycles. The predicted molar refractivity (Wildman–Crippen MR) is 102 cm³/mol. The van der Waals surface area contributed by atoms with Gasteiger partial charge in [-0.15, -0.1) is 0 Å². The van der Waals surface area contributed by atoms with Crippen LogP contribution < -0.4 is 10.1 Å². The second-order valence-electron chi connectivity index (χ2n) is 6.43. The number of sulfone groups is 1. The topological polar surface area (TPSA) is 72.5 Å². The molecule has 0 radical (unpaired) electrons. The van der Waals surface area contributed by atoms with E-state index in [1.165, 1.54) is 6.26 Å². The first-order chi connectivity index (χ1) is 12.2. The van der Waals surface area contributed by atoms with Crippen LogP contribution in [0.25, 0.3) is 0 Å². The molecule has 1 N–H and O–H groups in total. The molecule has 6 heteroatoms. The SMILES string of the molecule is CC[C@H](NC(=O)COc1ccc(C)cc1C)c1ccc(S(C)(=O)=O)cc1. The summed E-state index contributed by atoms with van der Waals surface area (Å²) >= 11 is 0. The number of hydrogen-bond donors (Lipinski definition) is 1. The van der Waals surface area contributed by atoms with Crippen LogP contribution in [0, 0.1) is 13.8 Å². The zero-order chi connectivity index (χ0) is 19.3. The lowest BCUT2D eigenvalue weighted by atomic mass is 10.0. The molecule has 0 aliphatic rings. The Bertz CT molecular complexity index is 873. The van der Waals surface area contributed by atoms with E-state index >= 15 is 0 Å². The second kappa shape index (κ2) is 8.36. The van der Waals surface area contributed by atoms with Crippen molar-refractivity contribution in [2.75, 3.05) is 12.9 Å². The van der Waals surface area contributed by atoms with Crippen LogP contribution in [-0.4, -0.2) is 27.2 Å². The molecule has 0 bridgehead atoms. The van der Waals surface area contributed by atoms with E-state index in [2.05, 4.69) is 5.32 Å². The van der Waals surface area contributed by atoms with Crippen molar-refractivity contribution >= 4 is 15.7 Å². The summed E-state index contributed by atoms with van der Waals surface area (Å²) in [4.78, 5) is 12.5. The number of nitrogens with one attached hydrogen (secondary N) is 1. The number of carbonyl (C=O) groups excluding carboxylic acids is 1. The summed E-state index contributed by atoms with van der Waals surface area (Å²) in [5, 5.41) is 2.93. The lowest BCUT2D eigenvalue weighted by molar-refractivity contribution is -0.123. The van der Waals surface area contributed by atoms with Gasteiger partial charge in [-0.25, -0.2) is 8.42 Å². The maximum Gasteiger partial charge on any atom is 0.258 e. The number of rotatable bonds is 7. The van der Waals surface area contributed by atoms with Gasteiger partial charge in [-0.05, 0) is 49.6 Å². The van der Waals surface area contributed by atoms with Gasteiger partial charge in [0.2, 0.25) is 0 Å². The summed E-state index contributed by atoms with van der Waals surface area (Å²) in [5.74, 6) is 0.473. The third kappa shape index (κ3) is 5.33. The molecule has 26 heavy (non-hydrogen) atoms. The van der Waals surface area contributed by atoms with Crippen LogP contribution in [0.4, 0.5) is 0 Å². The minimum Gasteiger partial charge on any atom is -0.484 e. The molecule has 2 rings (SSSR count). The summed E-state index contributed by atoms with van der Waals surface area (Å²) in [6.45, 7) is 5.84. The number of benzene rings is 2. The predicted octanol–water partition coefficient (Wildman–Crippen LogP) is 3.35. The van der Waals surface area contributed by atoms with Gasteiger partial charge in [-0.2, -0.15) is 0 Å². The molecule has 0 aliphatic heterocycles. The Hall–Kier alpha value is -2.34. The van der Waals surface area contributed by atoms with Crippen LogP contribution in [0.15, 0.2) is 47.4 Å². The van der Waals surface area contributed by atoms with E-state index in [1.807, 2.05) is 39.0 Å². The summed E-state index contributed by atoms with van der Waals surface area (Å²) in [7, 11) is -3.23. The van der Waals surface area contributed by atoms with E-state index < -0.39 is 9.84 Å². The molecule has 0 spiro atoms. The van der Waals surface area contributed by atoms with E-state index in [1.54, 1.807) is 24.3 Å². The summed E-state index contributed by atoms with van der Waals surface area (Å²) in [6, 6.07) is 12.2. The zero-order valence-corrected chi connectivity index (χ0v) is 16.4. The van der Waals surface area contributed by atoms with Gasteiger partial charge in [0.05, 0.1) is 10.9 Å². The Morgan fingerprint density at radius 1 is 1.12 bits per heavy atom. The highest BCUT2D eigenvalue weighted by molar-refractivity contribution is 7.90. The van der Waals surface area contributed by atoms with Crippen LogP contribution in [0.1, 0.15) is 36.1 Å². The highest BCUT2D eigenvalue weighted by Gasteiger charge is 2.15. The van der Waals surface area contributed by atoms with Crippen LogP contribution in [0.3, 0.4) is 0 Å². The fourth-order valence-corrected chi connectivity index (χ4v) is 3.34. The van der Waals surface area contributed by atoms with Crippen LogP contribution >= 0.6 is 0 Å². The highest BCUT2D eigenvalue weighted by Crippen LogP contribution is 2.20. The normalized spacial score (nSPS) is 12.5. The first-order valence-electron chi connectivity index (χ1n) is 8.50. The monoisotopic (exact) mass is 375 g/mol. The molecule has 0 unspecified atom stereocenters. The van der Waals surface area contributed by atoms with E-state index in [4.69, 9.17) is 4.74 Å². The quantitative estimate of drug-likeness (QED) is 0.805. The van der Waals surface area contributed by atoms with Crippen LogP contribution in [0.2, 0.25) is 0 Å². The Morgan fingerprint density at radius 3 is 2.31 bits per heavy atom. The zero-order valence-electron chi connectivity index (χ0n) is 15.6. The standard InChI is InChI=1S/C20H25NO4S/c1-5-18(16-7-9-17(10-8-16)26(4,23)24)21-20(22)13-25-19-11-6-14(2)12-15(19)3/h6-12,18H,5,13H2,1-4H3,(H,21,22)/t18-/m0/s1.